The van der Waals surface area contributed by atoms with Crippen LogP contribution in [0.2, 0.25) is 0 Å². The Morgan fingerprint density at radius 2 is 1.79 bits per heavy atom. The summed E-state index contributed by atoms with van der Waals surface area (Å²) in [4.78, 5) is 44.0. The third-order valence-electron chi connectivity index (χ3n) is 6.61. The van der Waals surface area contributed by atoms with Crippen molar-refractivity contribution in [3.63, 3.8) is 0 Å². The number of amides is 4. The quantitative estimate of drug-likeness (QED) is 0.592. The van der Waals surface area contributed by atoms with E-state index in [1.165, 1.54) is 5.56 Å². The lowest BCUT2D eigenvalue weighted by Crippen LogP contribution is -2.51. The van der Waals surface area contributed by atoms with Gasteiger partial charge in [-0.1, -0.05) is 36.4 Å². The fourth-order valence-corrected chi connectivity index (χ4v) is 5.23. The molecule has 2 fully saturated rings. The predicted octanol–water partition coefficient (Wildman–Crippen LogP) is 3.01. The Bertz CT molecular complexity index is 1200. The first-order valence-electron chi connectivity index (χ1n) is 11.1. The molecule has 8 heteroatoms. The lowest BCUT2D eigenvalue weighted by molar-refractivity contribution is -0.139. The van der Waals surface area contributed by atoms with Gasteiger partial charge in [0.1, 0.15) is 12.1 Å². The van der Waals surface area contributed by atoms with Crippen molar-refractivity contribution in [1.82, 2.24) is 20.0 Å². The fourth-order valence-electron chi connectivity index (χ4n) is 4.57. The summed E-state index contributed by atoms with van der Waals surface area (Å²) in [5.41, 5.74) is 0.796. The lowest BCUT2D eigenvalue weighted by atomic mass is 9.90. The third kappa shape index (κ3) is 4.12. The van der Waals surface area contributed by atoms with E-state index in [9.17, 15) is 14.4 Å². The number of urea groups is 1. The molecule has 2 aliphatic heterocycles. The molecule has 2 aliphatic rings. The molecule has 1 N–H and O–H groups in total. The van der Waals surface area contributed by atoms with Crippen molar-refractivity contribution in [3.05, 3.63) is 70.4 Å². The molecule has 3 aromatic rings. The van der Waals surface area contributed by atoms with Crippen molar-refractivity contribution < 1.29 is 14.4 Å². The zero-order valence-electron chi connectivity index (χ0n) is 18.5. The molecule has 4 amide bonds. The van der Waals surface area contributed by atoms with E-state index in [0.29, 0.717) is 18.7 Å². The molecule has 2 aromatic carbocycles. The summed E-state index contributed by atoms with van der Waals surface area (Å²) in [7, 11) is 0. The highest BCUT2D eigenvalue weighted by Gasteiger charge is 2.49. The number of carbonyl (C=O) groups excluding carboxylic acids is 3. The maximum atomic E-state index is 13.3. The summed E-state index contributed by atoms with van der Waals surface area (Å²) >= 11 is 1.68. The van der Waals surface area contributed by atoms with E-state index in [1.54, 1.807) is 23.2 Å². The number of imide groups is 1. The van der Waals surface area contributed by atoms with Gasteiger partial charge in [0.25, 0.3) is 5.91 Å². The summed E-state index contributed by atoms with van der Waals surface area (Å²) in [5, 5.41) is 9.08. The topological polar surface area (TPSA) is 73.0 Å². The number of nitrogens with zero attached hydrogens (tertiary/aromatic N) is 3. The van der Waals surface area contributed by atoms with Gasteiger partial charge in [-0.3, -0.25) is 19.4 Å². The first kappa shape index (κ1) is 21.6. The highest BCUT2D eigenvalue weighted by molar-refractivity contribution is 7.07. The van der Waals surface area contributed by atoms with Crippen LogP contribution in [0.5, 0.6) is 0 Å². The van der Waals surface area contributed by atoms with Gasteiger partial charge in [-0.2, -0.15) is 11.3 Å². The van der Waals surface area contributed by atoms with Gasteiger partial charge in [0.15, 0.2) is 0 Å². The molecule has 0 aliphatic carbocycles. The molecule has 3 heterocycles. The molecule has 170 valence electrons. The van der Waals surface area contributed by atoms with Crippen LogP contribution in [-0.2, 0) is 21.7 Å². The predicted molar refractivity (Wildman–Crippen MR) is 128 cm³/mol. The van der Waals surface area contributed by atoms with E-state index >= 15 is 0 Å². The number of thiophene rings is 1. The van der Waals surface area contributed by atoms with Crippen LogP contribution in [0.4, 0.5) is 4.79 Å². The van der Waals surface area contributed by atoms with Gasteiger partial charge < -0.3 is 10.2 Å². The minimum atomic E-state index is -1.19. The Balaban J connectivity index is 1.24. The molecule has 0 saturated carbocycles. The molecule has 33 heavy (non-hydrogen) atoms. The van der Waals surface area contributed by atoms with Gasteiger partial charge in [-0.15, -0.1) is 0 Å². The van der Waals surface area contributed by atoms with Gasteiger partial charge in [-0.05, 0) is 51.7 Å². The van der Waals surface area contributed by atoms with Crippen LogP contribution in [0.25, 0.3) is 10.8 Å². The summed E-state index contributed by atoms with van der Waals surface area (Å²) in [5.74, 6) is -0.594. The number of hydrogen-bond donors (Lipinski definition) is 1. The molecular weight excluding hydrogens is 436 g/mol. The van der Waals surface area contributed by atoms with Gasteiger partial charge in [0, 0.05) is 32.7 Å². The Labute approximate surface area is 196 Å². The average molecular weight is 463 g/mol. The van der Waals surface area contributed by atoms with Crippen LogP contribution in [0, 0.1) is 0 Å². The van der Waals surface area contributed by atoms with Gasteiger partial charge in [-0.25, -0.2) is 4.79 Å². The monoisotopic (exact) mass is 462 g/mol. The van der Waals surface area contributed by atoms with Crippen molar-refractivity contribution in [1.29, 1.82) is 0 Å². The van der Waals surface area contributed by atoms with E-state index < -0.39 is 17.5 Å². The van der Waals surface area contributed by atoms with Crippen LogP contribution >= 0.6 is 11.3 Å². The van der Waals surface area contributed by atoms with E-state index in [1.807, 2.05) is 42.5 Å². The van der Waals surface area contributed by atoms with Crippen molar-refractivity contribution in [2.45, 2.75) is 19.0 Å². The molecule has 0 bridgehead atoms. The van der Waals surface area contributed by atoms with Crippen molar-refractivity contribution >= 4 is 40.0 Å². The summed E-state index contributed by atoms with van der Waals surface area (Å²) in [6.45, 7) is 5.07. The van der Waals surface area contributed by atoms with Gasteiger partial charge >= 0.3 is 6.03 Å². The Hall–Kier alpha value is -3.23. The summed E-state index contributed by atoms with van der Waals surface area (Å²) in [6.07, 6.45) is 0. The molecular formula is C25H26N4O3S. The van der Waals surface area contributed by atoms with E-state index in [-0.39, 0.29) is 12.5 Å². The molecule has 7 nitrogen and oxygen atoms in total. The minimum Gasteiger partial charge on any atom is -0.339 e. The van der Waals surface area contributed by atoms with Crippen molar-refractivity contribution in [2.75, 3.05) is 32.7 Å². The van der Waals surface area contributed by atoms with Crippen LogP contribution in [0.3, 0.4) is 0 Å². The SMILES string of the molecule is C[C@]1(c2ccc3ccccc3c2)NC(=O)N(CC(=O)N2CCN(Cc3ccsc3)CC2)C1=O. The van der Waals surface area contributed by atoms with Gasteiger partial charge in [0.2, 0.25) is 5.91 Å². The maximum absolute atomic E-state index is 13.3. The minimum absolute atomic E-state index is 0.198. The summed E-state index contributed by atoms with van der Waals surface area (Å²) < 4.78 is 0. The van der Waals surface area contributed by atoms with Crippen LogP contribution < -0.4 is 5.32 Å². The summed E-state index contributed by atoms with van der Waals surface area (Å²) in [6, 6.07) is 15.2. The number of fused-ring (bicyclic) bond motifs is 1. The molecule has 0 unspecified atom stereocenters. The zero-order valence-corrected chi connectivity index (χ0v) is 19.3. The van der Waals surface area contributed by atoms with Crippen molar-refractivity contribution in [3.8, 4) is 0 Å². The number of rotatable bonds is 5. The third-order valence-corrected chi connectivity index (χ3v) is 7.34. The highest BCUT2D eigenvalue weighted by atomic mass is 32.1. The number of carbonyl (C=O) groups is 3. The lowest BCUT2D eigenvalue weighted by Gasteiger charge is -2.35. The normalized spacial score (nSPS) is 21.6. The molecule has 0 radical (unpaired) electrons. The van der Waals surface area contributed by atoms with Crippen LogP contribution in [0.1, 0.15) is 18.1 Å². The number of nitrogens with one attached hydrogen (secondary N) is 1. The van der Waals surface area contributed by atoms with Crippen molar-refractivity contribution in [2.24, 2.45) is 0 Å². The van der Waals surface area contributed by atoms with Crippen LogP contribution in [-0.4, -0.2) is 65.3 Å². The van der Waals surface area contributed by atoms with E-state index in [4.69, 9.17) is 0 Å². The Kier molecular flexibility index (Phi) is 5.64. The second-order valence-corrected chi connectivity index (χ2v) is 9.58. The number of benzene rings is 2. The van der Waals surface area contributed by atoms with E-state index in [2.05, 4.69) is 27.0 Å². The molecule has 5 rings (SSSR count). The first-order valence-corrected chi connectivity index (χ1v) is 12.0. The smallest absolute Gasteiger partial charge is 0.325 e. The standard InChI is InChI=1S/C25H26N4O3S/c1-25(21-7-6-19-4-2-3-5-20(19)14-21)23(31)29(24(32)26-25)16-22(30)28-11-9-27(10-12-28)15-18-8-13-33-17-18/h2-8,13-14,17H,9-12,15-16H2,1H3,(H,26,32)/t25-/m1/s1. The number of piperazine rings is 1. The van der Waals surface area contributed by atoms with Crippen LogP contribution in [0.15, 0.2) is 59.3 Å². The Morgan fingerprint density at radius 3 is 2.52 bits per heavy atom. The Morgan fingerprint density at radius 1 is 1.03 bits per heavy atom. The largest absolute Gasteiger partial charge is 0.339 e. The average Bonchev–Trinajstić information content (AvgIpc) is 3.41. The molecule has 1 atom stereocenters. The second-order valence-electron chi connectivity index (χ2n) is 8.80. The van der Waals surface area contributed by atoms with Gasteiger partial charge in [0.05, 0.1) is 0 Å². The second kappa shape index (κ2) is 8.61. The first-order chi connectivity index (χ1) is 15.9. The molecule has 0 spiro atoms. The molecule has 1 aromatic heterocycles. The molecule has 2 saturated heterocycles. The highest BCUT2D eigenvalue weighted by Crippen LogP contribution is 2.31. The van der Waals surface area contributed by atoms with E-state index in [0.717, 1.165) is 35.3 Å². The fraction of sp³-hybridized carbons (Fsp3) is 0.320. The number of hydrogen-bond acceptors (Lipinski definition) is 5. The maximum Gasteiger partial charge on any atom is 0.325 e. The zero-order chi connectivity index (χ0) is 23.0.